The Hall–Kier alpha value is -0.330. The lowest BCUT2D eigenvalue weighted by molar-refractivity contribution is -0.124. The van der Waals surface area contributed by atoms with Crippen molar-refractivity contribution in [3.63, 3.8) is 0 Å². The Balaban J connectivity index is 2.14. The molecule has 1 nitrogen and oxygen atoms in total. The number of Topliss-reactive ketones (excluding diaryl/α,β-unsaturated/α-hetero) is 1. The van der Waals surface area contributed by atoms with Crippen molar-refractivity contribution >= 4 is 5.78 Å². The van der Waals surface area contributed by atoms with Crippen molar-refractivity contribution in [3.05, 3.63) is 0 Å². The van der Waals surface area contributed by atoms with Crippen molar-refractivity contribution < 1.29 is 4.79 Å². The van der Waals surface area contributed by atoms with Gasteiger partial charge in [-0.05, 0) is 30.6 Å². The molecule has 0 aliphatic heterocycles. The van der Waals surface area contributed by atoms with E-state index in [0.29, 0.717) is 11.2 Å². The predicted octanol–water partition coefficient (Wildman–Crippen LogP) is 2.55. The van der Waals surface area contributed by atoms with Crippen LogP contribution in [0.2, 0.25) is 0 Å². The molecule has 0 aromatic heterocycles. The molecular weight excluding hydrogens is 136 g/mol. The van der Waals surface area contributed by atoms with Gasteiger partial charge in [-0.3, -0.25) is 4.79 Å². The molecule has 0 aromatic carbocycles. The predicted molar refractivity (Wildman–Crippen MR) is 44.3 cm³/mol. The van der Waals surface area contributed by atoms with E-state index in [4.69, 9.17) is 0 Å². The van der Waals surface area contributed by atoms with Gasteiger partial charge in [0.25, 0.3) is 0 Å². The topological polar surface area (TPSA) is 17.1 Å². The highest BCUT2D eigenvalue weighted by molar-refractivity contribution is 5.79. The van der Waals surface area contributed by atoms with E-state index in [-0.39, 0.29) is 0 Å². The molecule has 2 saturated carbocycles. The minimum absolute atomic E-state index is 0.509. The summed E-state index contributed by atoms with van der Waals surface area (Å²) in [5.41, 5.74) is 0.550. The summed E-state index contributed by atoms with van der Waals surface area (Å²) >= 11 is 0. The van der Waals surface area contributed by atoms with Crippen molar-refractivity contribution in [2.45, 2.75) is 45.4 Å². The summed E-state index contributed by atoms with van der Waals surface area (Å²) in [5, 5.41) is 0. The fourth-order valence-electron chi connectivity index (χ4n) is 2.78. The van der Waals surface area contributed by atoms with E-state index < -0.39 is 0 Å². The van der Waals surface area contributed by atoms with Crippen LogP contribution in [-0.4, -0.2) is 5.78 Å². The Morgan fingerprint density at radius 3 is 3.09 bits per heavy atom. The summed E-state index contributed by atoms with van der Waals surface area (Å²) in [6, 6.07) is 0. The van der Waals surface area contributed by atoms with Crippen LogP contribution in [0.15, 0.2) is 0 Å². The van der Waals surface area contributed by atoms with Gasteiger partial charge >= 0.3 is 0 Å². The molecule has 2 unspecified atom stereocenters. The van der Waals surface area contributed by atoms with Crippen LogP contribution in [0.1, 0.15) is 45.4 Å². The molecule has 2 aliphatic rings. The van der Waals surface area contributed by atoms with Gasteiger partial charge in [-0.2, -0.15) is 0 Å². The summed E-state index contributed by atoms with van der Waals surface area (Å²) in [6.07, 6.45) is 6.93. The zero-order chi connectivity index (χ0) is 7.90. The van der Waals surface area contributed by atoms with E-state index in [1.165, 1.54) is 19.3 Å². The molecule has 2 atom stereocenters. The zero-order valence-corrected chi connectivity index (χ0v) is 7.23. The van der Waals surface area contributed by atoms with Crippen LogP contribution in [0.3, 0.4) is 0 Å². The summed E-state index contributed by atoms with van der Waals surface area (Å²) in [4.78, 5) is 11.1. The zero-order valence-electron chi connectivity index (χ0n) is 7.23. The van der Waals surface area contributed by atoms with E-state index >= 15 is 0 Å². The lowest BCUT2D eigenvalue weighted by Crippen LogP contribution is -2.29. The Morgan fingerprint density at radius 2 is 2.27 bits per heavy atom. The fourth-order valence-corrected chi connectivity index (χ4v) is 2.78. The Morgan fingerprint density at radius 1 is 1.45 bits per heavy atom. The maximum atomic E-state index is 11.1. The molecule has 62 valence electrons. The molecule has 1 heteroatoms. The standard InChI is InChI=1S/C10H16O/c1-10-5-2-3-8(10)7-9(11)4-6-10/h8H,2-7H2,1H3. The second kappa shape index (κ2) is 2.33. The summed E-state index contributed by atoms with van der Waals surface area (Å²) in [5.74, 6) is 1.25. The smallest absolute Gasteiger partial charge is 0.133 e. The molecule has 2 aliphatic carbocycles. The van der Waals surface area contributed by atoms with Gasteiger partial charge in [0.15, 0.2) is 0 Å². The molecule has 0 radical (unpaired) electrons. The lowest BCUT2D eigenvalue weighted by Gasteiger charge is -2.35. The monoisotopic (exact) mass is 152 g/mol. The Labute approximate surface area is 68.2 Å². The molecule has 0 spiro atoms. The molecule has 0 N–H and O–H groups in total. The first-order chi connectivity index (χ1) is 5.21. The van der Waals surface area contributed by atoms with E-state index in [1.807, 2.05) is 0 Å². The number of hydrogen-bond acceptors (Lipinski definition) is 1. The number of fused-ring (bicyclic) bond motifs is 1. The van der Waals surface area contributed by atoms with Gasteiger partial charge in [0.1, 0.15) is 5.78 Å². The highest BCUT2D eigenvalue weighted by Gasteiger charge is 2.42. The van der Waals surface area contributed by atoms with Gasteiger partial charge in [0, 0.05) is 12.8 Å². The summed E-state index contributed by atoms with van der Waals surface area (Å²) in [7, 11) is 0. The quantitative estimate of drug-likeness (QED) is 0.521. The number of carbonyl (C=O) groups excluding carboxylic acids is 1. The first kappa shape index (κ1) is 7.33. The third-order valence-electron chi connectivity index (χ3n) is 3.74. The average molecular weight is 152 g/mol. The molecule has 0 aromatic rings. The van der Waals surface area contributed by atoms with Crippen LogP contribution in [0.4, 0.5) is 0 Å². The van der Waals surface area contributed by atoms with Crippen molar-refractivity contribution in [2.75, 3.05) is 0 Å². The summed E-state index contributed by atoms with van der Waals surface area (Å²) in [6.45, 7) is 2.37. The number of carbonyl (C=O) groups is 1. The second-order valence-corrected chi connectivity index (χ2v) is 4.49. The van der Waals surface area contributed by atoms with Crippen LogP contribution in [-0.2, 0) is 4.79 Å². The normalized spacial score (nSPS) is 44.1. The van der Waals surface area contributed by atoms with Crippen LogP contribution < -0.4 is 0 Å². The van der Waals surface area contributed by atoms with Gasteiger partial charge in [-0.15, -0.1) is 0 Å². The van der Waals surface area contributed by atoms with Crippen molar-refractivity contribution in [1.82, 2.24) is 0 Å². The van der Waals surface area contributed by atoms with Crippen molar-refractivity contribution in [3.8, 4) is 0 Å². The number of rotatable bonds is 0. The van der Waals surface area contributed by atoms with Gasteiger partial charge in [-0.1, -0.05) is 13.3 Å². The molecule has 11 heavy (non-hydrogen) atoms. The third-order valence-corrected chi connectivity index (χ3v) is 3.74. The van der Waals surface area contributed by atoms with Gasteiger partial charge in [0.05, 0.1) is 0 Å². The van der Waals surface area contributed by atoms with Gasteiger partial charge < -0.3 is 0 Å². The molecule has 0 heterocycles. The Kier molecular flexibility index (Phi) is 1.55. The first-order valence-corrected chi connectivity index (χ1v) is 4.72. The molecule has 2 rings (SSSR count). The minimum atomic E-state index is 0.509. The molecule has 0 bridgehead atoms. The van der Waals surface area contributed by atoms with Crippen LogP contribution in [0, 0.1) is 11.3 Å². The average Bonchev–Trinajstić information content (AvgIpc) is 2.31. The van der Waals surface area contributed by atoms with Gasteiger partial charge in [0.2, 0.25) is 0 Å². The van der Waals surface area contributed by atoms with E-state index in [1.54, 1.807) is 0 Å². The second-order valence-electron chi connectivity index (χ2n) is 4.49. The fraction of sp³-hybridized carbons (Fsp3) is 0.900. The van der Waals surface area contributed by atoms with E-state index in [0.717, 1.165) is 25.2 Å². The van der Waals surface area contributed by atoms with E-state index in [9.17, 15) is 4.79 Å². The largest absolute Gasteiger partial charge is 0.300 e. The third kappa shape index (κ3) is 1.11. The van der Waals surface area contributed by atoms with Crippen LogP contribution in [0.25, 0.3) is 0 Å². The van der Waals surface area contributed by atoms with Crippen molar-refractivity contribution in [2.24, 2.45) is 11.3 Å². The maximum Gasteiger partial charge on any atom is 0.133 e. The maximum absolute atomic E-state index is 11.1. The van der Waals surface area contributed by atoms with Crippen LogP contribution >= 0.6 is 0 Å². The molecule has 0 amide bonds. The number of hydrogen-bond donors (Lipinski definition) is 0. The van der Waals surface area contributed by atoms with Crippen molar-refractivity contribution in [1.29, 1.82) is 0 Å². The highest BCUT2D eigenvalue weighted by Crippen LogP contribution is 2.50. The highest BCUT2D eigenvalue weighted by atomic mass is 16.1. The molecule has 0 saturated heterocycles. The molecule has 2 fully saturated rings. The molecular formula is C10H16O. The lowest BCUT2D eigenvalue weighted by atomic mass is 9.69. The minimum Gasteiger partial charge on any atom is -0.300 e. The van der Waals surface area contributed by atoms with Crippen LogP contribution in [0.5, 0.6) is 0 Å². The Bertz CT molecular complexity index is 185. The SMILES string of the molecule is CC12CCCC1CC(=O)CC2. The number of ketones is 1. The van der Waals surface area contributed by atoms with E-state index in [2.05, 4.69) is 6.92 Å². The first-order valence-electron chi connectivity index (χ1n) is 4.72. The summed E-state index contributed by atoms with van der Waals surface area (Å²) < 4.78 is 0. The van der Waals surface area contributed by atoms with Gasteiger partial charge in [-0.25, -0.2) is 0 Å².